The summed E-state index contributed by atoms with van der Waals surface area (Å²) in [6, 6.07) is 5.02. The van der Waals surface area contributed by atoms with Crippen molar-refractivity contribution in [3.63, 3.8) is 0 Å². The van der Waals surface area contributed by atoms with Crippen LogP contribution in [0.5, 0.6) is 5.75 Å². The predicted molar refractivity (Wildman–Crippen MR) is 74.7 cm³/mol. The quantitative estimate of drug-likeness (QED) is 0.649. The Labute approximate surface area is 115 Å². The number of benzene rings is 1. The monoisotopic (exact) mass is 313 g/mol. The molecule has 0 bridgehead atoms. The van der Waals surface area contributed by atoms with Crippen LogP contribution in [0.4, 0.5) is 5.69 Å². The lowest BCUT2D eigenvalue weighted by Crippen LogP contribution is -2.11. The lowest BCUT2D eigenvalue weighted by molar-refractivity contribution is -0.115. The highest BCUT2D eigenvalue weighted by Crippen LogP contribution is 2.26. The van der Waals surface area contributed by atoms with Gasteiger partial charge in [-0.2, -0.15) is 0 Å². The molecule has 98 valence electrons. The maximum absolute atomic E-state index is 11.6. The smallest absolute Gasteiger partial charge is 0.224 e. The minimum absolute atomic E-state index is 0.0238. The Balaban J connectivity index is 3.03. The zero-order chi connectivity index (χ0) is 13.5. The van der Waals surface area contributed by atoms with E-state index in [4.69, 9.17) is 4.74 Å². The van der Waals surface area contributed by atoms with Crippen molar-refractivity contribution in [2.75, 3.05) is 17.3 Å². The highest BCUT2D eigenvalue weighted by atomic mass is 79.9. The third-order valence-corrected chi connectivity index (χ3v) is 2.83. The molecule has 0 heterocycles. The van der Waals surface area contributed by atoms with Gasteiger partial charge < -0.3 is 10.1 Å². The zero-order valence-corrected chi connectivity index (χ0v) is 12.0. The average Bonchev–Trinajstić information content (AvgIpc) is 2.39. The summed E-state index contributed by atoms with van der Waals surface area (Å²) < 4.78 is 5.44. The SMILES string of the molecule is CCOc1cc(C(=O)CBr)ccc1NC(=O)CC. The molecule has 5 heteroatoms. The Morgan fingerprint density at radius 2 is 2.06 bits per heavy atom. The summed E-state index contributed by atoms with van der Waals surface area (Å²) in [7, 11) is 0. The van der Waals surface area contributed by atoms with Gasteiger partial charge in [0.1, 0.15) is 5.75 Å². The molecule has 0 fully saturated rings. The maximum atomic E-state index is 11.6. The van der Waals surface area contributed by atoms with E-state index in [0.29, 0.717) is 30.0 Å². The first-order valence-corrected chi connectivity index (χ1v) is 6.90. The van der Waals surface area contributed by atoms with Gasteiger partial charge in [0.25, 0.3) is 0 Å². The normalized spacial score (nSPS) is 9.94. The second-order valence-corrected chi connectivity index (χ2v) is 4.16. The molecule has 0 radical (unpaired) electrons. The summed E-state index contributed by atoms with van der Waals surface area (Å²) >= 11 is 3.12. The molecule has 0 aliphatic heterocycles. The van der Waals surface area contributed by atoms with Crippen molar-refractivity contribution in [3.8, 4) is 5.75 Å². The van der Waals surface area contributed by atoms with Gasteiger partial charge in [-0.3, -0.25) is 9.59 Å². The number of ether oxygens (including phenoxy) is 1. The first kappa shape index (κ1) is 14.7. The molecule has 1 aromatic carbocycles. The average molecular weight is 314 g/mol. The van der Waals surface area contributed by atoms with Crippen LogP contribution in [0.3, 0.4) is 0 Å². The molecular weight excluding hydrogens is 298 g/mol. The molecule has 18 heavy (non-hydrogen) atoms. The van der Waals surface area contributed by atoms with E-state index in [-0.39, 0.29) is 17.0 Å². The van der Waals surface area contributed by atoms with Gasteiger partial charge in [0.15, 0.2) is 5.78 Å². The first-order valence-electron chi connectivity index (χ1n) is 5.78. The Hall–Kier alpha value is -1.36. The van der Waals surface area contributed by atoms with Gasteiger partial charge in [0.2, 0.25) is 5.91 Å². The molecule has 0 aromatic heterocycles. The fraction of sp³-hybridized carbons (Fsp3) is 0.385. The van der Waals surface area contributed by atoms with Crippen LogP contribution in [0, 0.1) is 0 Å². The summed E-state index contributed by atoms with van der Waals surface area (Å²) in [4.78, 5) is 22.9. The van der Waals surface area contributed by atoms with Crippen LogP contribution >= 0.6 is 15.9 Å². The van der Waals surface area contributed by atoms with Crippen molar-refractivity contribution in [2.24, 2.45) is 0 Å². The number of amides is 1. The van der Waals surface area contributed by atoms with Gasteiger partial charge in [-0.15, -0.1) is 0 Å². The lowest BCUT2D eigenvalue weighted by Gasteiger charge is -2.12. The van der Waals surface area contributed by atoms with Gasteiger partial charge in [0, 0.05) is 12.0 Å². The molecule has 1 rings (SSSR count). The fourth-order valence-corrected chi connectivity index (χ4v) is 1.71. The molecule has 0 atom stereocenters. The van der Waals surface area contributed by atoms with Crippen LogP contribution in [0.15, 0.2) is 18.2 Å². The molecule has 1 aromatic rings. The molecule has 0 aliphatic carbocycles. The van der Waals surface area contributed by atoms with E-state index in [2.05, 4.69) is 21.2 Å². The summed E-state index contributed by atoms with van der Waals surface area (Å²) in [5.74, 6) is 0.408. The van der Waals surface area contributed by atoms with Gasteiger partial charge in [-0.1, -0.05) is 22.9 Å². The Bertz CT molecular complexity index is 446. The van der Waals surface area contributed by atoms with Gasteiger partial charge in [0.05, 0.1) is 17.6 Å². The molecule has 0 spiro atoms. The Kier molecular flexibility index (Phi) is 5.85. The molecule has 1 amide bonds. The summed E-state index contributed by atoms with van der Waals surface area (Å²) in [6.45, 7) is 4.10. The summed E-state index contributed by atoms with van der Waals surface area (Å²) in [5, 5.41) is 3.01. The molecular formula is C13H16BrNO3. The first-order chi connectivity index (χ1) is 8.62. The Morgan fingerprint density at radius 3 is 2.61 bits per heavy atom. The van der Waals surface area contributed by atoms with E-state index in [9.17, 15) is 9.59 Å². The number of rotatable bonds is 6. The highest BCUT2D eigenvalue weighted by molar-refractivity contribution is 9.09. The van der Waals surface area contributed by atoms with Crippen LogP contribution in [-0.4, -0.2) is 23.6 Å². The number of anilines is 1. The van der Waals surface area contributed by atoms with Crippen molar-refractivity contribution >= 4 is 33.3 Å². The molecule has 0 aliphatic rings. The van der Waals surface area contributed by atoms with Crippen LogP contribution < -0.4 is 10.1 Å². The topological polar surface area (TPSA) is 55.4 Å². The number of nitrogens with one attached hydrogen (secondary N) is 1. The van der Waals surface area contributed by atoms with Crippen LogP contribution in [0.1, 0.15) is 30.6 Å². The van der Waals surface area contributed by atoms with Gasteiger partial charge >= 0.3 is 0 Å². The number of ketones is 1. The predicted octanol–water partition coefficient (Wildman–Crippen LogP) is 3.01. The summed E-state index contributed by atoms with van der Waals surface area (Å²) in [6.07, 6.45) is 0.396. The third-order valence-electron chi connectivity index (χ3n) is 2.32. The minimum Gasteiger partial charge on any atom is -0.492 e. The van der Waals surface area contributed by atoms with Crippen molar-refractivity contribution in [2.45, 2.75) is 20.3 Å². The molecule has 4 nitrogen and oxygen atoms in total. The van der Waals surface area contributed by atoms with Crippen molar-refractivity contribution in [1.82, 2.24) is 0 Å². The largest absolute Gasteiger partial charge is 0.492 e. The molecule has 1 N–H and O–H groups in total. The second-order valence-electron chi connectivity index (χ2n) is 3.60. The summed E-state index contributed by atoms with van der Waals surface area (Å²) in [5.41, 5.74) is 1.15. The minimum atomic E-state index is -0.0875. The van der Waals surface area contributed by atoms with Crippen molar-refractivity contribution < 1.29 is 14.3 Å². The zero-order valence-electron chi connectivity index (χ0n) is 10.5. The van der Waals surface area contributed by atoms with E-state index in [0.717, 1.165) is 0 Å². The van der Waals surface area contributed by atoms with Crippen molar-refractivity contribution in [3.05, 3.63) is 23.8 Å². The van der Waals surface area contributed by atoms with Gasteiger partial charge in [-0.05, 0) is 25.1 Å². The van der Waals surface area contributed by atoms with Crippen LogP contribution in [0.2, 0.25) is 0 Å². The number of Topliss-reactive ketones (excluding diaryl/α,β-unsaturated/α-hetero) is 1. The number of hydrogen-bond acceptors (Lipinski definition) is 3. The standard InChI is InChI=1S/C13H16BrNO3/c1-3-13(17)15-10-6-5-9(11(16)8-14)7-12(10)18-4-2/h5-7H,3-4,8H2,1-2H3,(H,15,17). The number of hydrogen-bond donors (Lipinski definition) is 1. The number of carbonyl (C=O) groups is 2. The second kappa shape index (κ2) is 7.16. The van der Waals surface area contributed by atoms with E-state index >= 15 is 0 Å². The van der Waals surface area contributed by atoms with E-state index in [1.54, 1.807) is 25.1 Å². The van der Waals surface area contributed by atoms with E-state index in [1.165, 1.54) is 0 Å². The van der Waals surface area contributed by atoms with Crippen LogP contribution in [-0.2, 0) is 4.79 Å². The third kappa shape index (κ3) is 3.84. The van der Waals surface area contributed by atoms with E-state index in [1.807, 2.05) is 6.92 Å². The van der Waals surface area contributed by atoms with Crippen molar-refractivity contribution in [1.29, 1.82) is 0 Å². The molecule has 0 saturated heterocycles. The van der Waals surface area contributed by atoms with Crippen LogP contribution in [0.25, 0.3) is 0 Å². The number of halogens is 1. The number of alkyl halides is 1. The maximum Gasteiger partial charge on any atom is 0.224 e. The molecule has 0 saturated carbocycles. The van der Waals surface area contributed by atoms with E-state index < -0.39 is 0 Å². The number of carbonyl (C=O) groups excluding carboxylic acids is 2. The highest BCUT2D eigenvalue weighted by Gasteiger charge is 2.11. The van der Waals surface area contributed by atoms with Gasteiger partial charge in [-0.25, -0.2) is 0 Å². The lowest BCUT2D eigenvalue weighted by atomic mass is 10.1. The Morgan fingerprint density at radius 1 is 1.33 bits per heavy atom. The molecule has 0 unspecified atom stereocenters. The fourth-order valence-electron chi connectivity index (χ4n) is 1.39.